The molecule has 1 aromatic carbocycles. The van der Waals surface area contributed by atoms with E-state index >= 15 is 0 Å². The van der Waals surface area contributed by atoms with Crippen molar-refractivity contribution in [1.29, 1.82) is 0 Å². The average molecular weight is 376 g/mol. The van der Waals surface area contributed by atoms with Gasteiger partial charge in [-0.05, 0) is 44.9 Å². The number of phenols is 3. The van der Waals surface area contributed by atoms with Gasteiger partial charge in [-0.3, -0.25) is 0 Å². The Balaban J connectivity index is 1.82. The van der Waals surface area contributed by atoms with Gasteiger partial charge in [0.2, 0.25) is 0 Å². The third kappa shape index (κ3) is 2.18. The third-order valence-electron chi connectivity index (χ3n) is 8.03. The lowest BCUT2D eigenvalue weighted by atomic mass is 9.68. The van der Waals surface area contributed by atoms with Gasteiger partial charge in [0.25, 0.3) is 0 Å². The first kappa shape index (κ1) is 18.9. The normalized spacial score (nSPS) is 34.0. The van der Waals surface area contributed by atoms with Crippen molar-refractivity contribution in [2.24, 2.45) is 5.41 Å². The van der Waals surface area contributed by atoms with E-state index < -0.39 is 11.2 Å². The predicted octanol–water partition coefficient (Wildman–Crippen LogP) is 4.10. The molecule has 150 valence electrons. The lowest BCUT2D eigenvalue weighted by Crippen LogP contribution is -2.53. The van der Waals surface area contributed by atoms with E-state index in [1.807, 2.05) is 41.5 Å². The van der Waals surface area contributed by atoms with Crippen molar-refractivity contribution >= 4 is 0 Å². The van der Waals surface area contributed by atoms with Gasteiger partial charge in [-0.2, -0.15) is 0 Å². The van der Waals surface area contributed by atoms with E-state index in [-0.39, 0.29) is 46.2 Å². The summed E-state index contributed by atoms with van der Waals surface area (Å²) >= 11 is 0. The molecule has 1 saturated heterocycles. The van der Waals surface area contributed by atoms with Crippen molar-refractivity contribution in [1.82, 2.24) is 0 Å². The van der Waals surface area contributed by atoms with Crippen molar-refractivity contribution in [2.45, 2.75) is 96.6 Å². The second kappa shape index (κ2) is 4.93. The zero-order chi connectivity index (χ0) is 20.3. The molecule has 0 bridgehead atoms. The first-order valence-electron chi connectivity index (χ1n) is 9.80. The molecule has 27 heavy (non-hydrogen) atoms. The minimum atomic E-state index is -0.489. The van der Waals surface area contributed by atoms with Crippen LogP contribution in [-0.4, -0.2) is 38.7 Å². The van der Waals surface area contributed by atoms with Crippen LogP contribution in [0.15, 0.2) is 0 Å². The van der Waals surface area contributed by atoms with Crippen LogP contribution in [0.2, 0.25) is 0 Å². The van der Waals surface area contributed by atoms with E-state index in [0.29, 0.717) is 17.5 Å². The molecule has 0 aromatic heterocycles. The van der Waals surface area contributed by atoms with Gasteiger partial charge in [-0.15, -0.1) is 0 Å². The molecule has 3 aliphatic rings. The number of fused-ring (bicyclic) bond motifs is 2. The van der Waals surface area contributed by atoms with Crippen LogP contribution in [0, 0.1) is 5.41 Å². The van der Waals surface area contributed by atoms with Crippen molar-refractivity contribution in [3.63, 3.8) is 0 Å². The lowest BCUT2D eigenvalue weighted by molar-refractivity contribution is -0.233. The van der Waals surface area contributed by atoms with Crippen molar-refractivity contribution < 1.29 is 24.8 Å². The number of rotatable bonds is 1. The maximum Gasteiger partial charge on any atom is 0.165 e. The molecule has 3 N–H and O–H groups in total. The zero-order valence-corrected chi connectivity index (χ0v) is 17.6. The second-order valence-corrected chi connectivity index (χ2v) is 10.7. The smallest absolute Gasteiger partial charge is 0.165 e. The van der Waals surface area contributed by atoms with Crippen LogP contribution in [0.3, 0.4) is 0 Å². The van der Waals surface area contributed by atoms with Gasteiger partial charge in [-0.25, -0.2) is 0 Å². The van der Waals surface area contributed by atoms with E-state index in [1.54, 1.807) is 0 Å². The molecule has 1 heterocycles. The van der Waals surface area contributed by atoms with Crippen molar-refractivity contribution in [3.05, 3.63) is 16.7 Å². The molecule has 2 fully saturated rings. The number of hydrogen-bond acceptors (Lipinski definition) is 5. The standard InChI is InChI=1S/C22H32O5/c1-19(2)9-10-13(20(19,3)4)16(25)15(24)11(14(10)23)12-17-18(12)27-22(7,8)21(5,6)26-17/h12,17-18,23-25H,9H2,1-8H3. The van der Waals surface area contributed by atoms with Crippen molar-refractivity contribution in [2.75, 3.05) is 0 Å². The first-order valence-corrected chi connectivity index (χ1v) is 9.80. The summed E-state index contributed by atoms with van der Waals surface area (Å²) in [4.78, 5) is 0. The van der Waals surface area contributed by atoms with Crippen molar-refractivity contribution in [3.8, 4) is 17.2 Å². The summed E-state index contributed by atoms with van der Waals surface area (Å²) in [5.74, 6) is -0.551. The predicted molar refractivity (Wildman–Crippen MR) is 103 cm³/mol. The number of benzene rings is 1. The molecule has 2 unspecified atom stereocenters. The average Bonchev–Trinajstić information content (AvgIpc) is 3.08. The molecule has 2 aliphatic carbocycles. The first-order chi connectivity index (χ1) is 12.1. The Morgan fingerprint density at radius 3 is 1.70 bits per heavy atom. The largest absolute Gasteiger partial charge is 0.507 e. The Bertz CT molecular complexity index is 812. The molecule has 1 aromatic rings. The quantitative estimate of drug-likeness (QED) is 0.508. The Morgan fingerprint density at radius 1 is 0.741 bits per heavy atom. The van der Waals surface area contributed by atoms with Crippen LogP contribution in [0.25, 0.3) is 0 Å². The summed E-state index contributed by atoms with van der Waals surface area (Å²) in [5.41, 5.74) is 0.252. The Hall–Kier alpha value is -1.46. The number of ether oxygens (including phenoxy) is 2. The Labute approximate surface area is 161 Å². The molecule has 1 aliphatic heterocycles. The molecule has 5 nitrogen and oxygen atoms in total. The Morgan fingerprint density at radius 2 is 1.22 bits per heavy atom. The molecule has 5 heteroatoms. The maximum atomic E-state index is 11.1. The summed E-state index contributed by atoms with van der Waals surface area (Å²) < 4.78 is 12.5. The van der Waals surface area contributed by atoms with Gasteiger partial charge in [0, 0.05) is 22.6 Å². The summed E-state index contributed by atoms with van der Waals surface area (Å²) in [6.07, 6.45) is 0.178. The number of aromatic hydroxyl groups is 3. The molecule has 4 rings (SSSR count). The lowest BCUT2D eigenvalue weighted by Gasteiger charge is -2.44. The summed E-state index contributed by atoms with van der Waals surface area (Å²) in [6.45, 7) is 16.3. The van der Waals surface area contributed by atoms with Gasteiger partial charge in [0.15, 0.2) is 11.5 Å². The van der Waals surface area contributed by atoms with Gasteiger partial charge in [0.05, 0.1) is 23.4 Å². The molecule has 0 spiro atoms. The highest BCUT2D eigenvalue weighted by molar-refractivity contribution is 5.68. The summed E-state index contributed by atoms with van der Waals surface area (Å²) in [6, 6.07) is 0. The van der Waals surface area contributed by atoms with Crippen LogP contribution in [0.4, 0.5) is 0 Å². The van der Waals surface area contributed by atoms with Crippen LogP contribution in [0.1, 0.15) is 78.0 Å². The number of phenolic OH excluding ortho intramolecular Hbond substituents is 3. The fourth-order valence-corrected chi connectivity index (χ4v) is 4.77. The van der Waals surface area contributed by atoms with Gasteiger partial charge in [-0.1, -0.05) is 27.7 Å². The summed E-state index contributed by atoms with van der Waals surface area (Å²) in [7, 11) is 0. The highest BCUT2D eigenvalue weighted by Gasteiger charge is 2.66. The van der Waals surface area contributed by atoms with Gasteiger partial charge >= 0.3 is 0 Å². The summed E-state index contributed by atoms with van der Waals surface area (Å²) in [5, 5.41) is 32.8. The molecule has 0 amide bonds. The minimum Gasteiger partial charge on any atom is -0.507 e. The highest BCUT2D eigenvalue weighted by Crippen LogP contribution is 2.65. The molecule has 2 atom stereocenters. The van der Waals surface area contributed by atoms with Gasteiger partial charge in [0.1, 0.15) is 5.75 Å². The van der Waals surface area contributed by atoms with E-state index in [1.165, 1.54) is 0 Å². The second-order valence-electron chi connectivity index (χ2n) is 10.7. The van der Waals surface area contributed by atoms with Crippen LogP contribution < -0.4 is 0 Å². The van der Waals surface area contributed by atoms with Crippen LogP contribution in [0.5, 0.6) is 17.2 Å². The maximum absolute atomic E-state index is 11.1. The van der Waals surface area contributed by atoms with Gasteiger partial charge < -0.3 is 24.8 Å². The number of hydrogen-bond donors (Lipinski definition) is 3. The monoisotopic (exact) mass is 376 g/mol. The van der Waals surface area contributed by atoms with E-state index in [4.69, 9.17) is 9.47 Å². The van der Waals surface area contributed by atoms with E-state index in [2.05, 4.69) is 13.8 Å². The fraction of sp³-hybridized carbons (Fsp3) is 0.727. The van der Waals surface area contributed by atoms with Crippen LogP contribution in [-0.2, 0) is 21.3 Å². The molecular formula is C22H32O5. The molecule has 1 saturated carbocycles. The highest BCUT2D eigenvalue weighted by atomic mass is 16.6. The Kier molecular flexibility index (Phi) is 3.45. The fourth-order valence-electron chi connectivity index (χ4n) is 4.77. The topological polar surface area (TPSA) is 79.2 Å². The van der Waals surface area contributed by atoms with Crippen LogP contribution >= 0.6 is 0 Å². The molecule has 0 radical (unpaired) electrons. The minimum absolute atomic E-state index is 0.0844. The van der Waals surface area contributed by atoms with E-state index in [9.17, 15) is 15.3 Å². The SMILES string of the molecule is CC1(C)Cc2c(O)c(C3C4OC(C)(C)C(C)(C)OC43)c(O)c(O)c2C1(C)C. The van der Waals surface area contributed by atoms with E-state index in [0.717, 1.165) is 5.56 Å². The molecular weight excluding hydrogens is 344 g/mol. The third-order valence-corrected chi connectivity index (χ3v) is 8.03. The zero-order valence-electron chi connectivity index (χ0n) is 17.6.